The number of hydrogen-bond acceptors (Lipinski definition) is 4. The summed E-state index contributed by atoms with van der Waals surface area (Å²) in [6.07, 6.45) is 2.02. The highest BCUT2D eigenvalue weighted by atomic mass is 16.7. The summed E-state index contributed by atoms with van der Waals surface area (Å²) in [6, 6.07) is 7.17. The number of carboxylic acid groups (broad SMARTS) is 1. The molecule has 25 heavy (non-hydrogen) atoms. The van der Waals surface area contributed by atoms with Gasteiger partial charge in [0.05, 0.1) is 17.1 Å². The van der Waals surface area contributed by atoms with Gasteiger partial charge in [0, 0.05) is 11.5 Å². The molecular formula is C19H25BO5. The van der Waals surface area contributed by atoms with Crippen molar-refractivity contribution in [2.45, 2.75) is 58.2 Å². The molecule has 1 aromatic carbocycles. The normalized spacial score (nSPS) is 27.4. The van der Waals surface area contributed by atoms with Crippen molar-refractivity contribution in [3.05, 3.63) is 29.8 Å². The van der Waals surface area contributed by atoms with Crippen molar-refractivity contribution >= 4 is 24.3 Å². The van der Waals surface area contributed by atoms with Crippen LogP contribution >= 0.6 is 0 Å². The summed E-state index contributed by atoms with van der Waals surface area (Å²) in [5.41, 5.74) is 0.588. The molecule has 3 rings (SSSR count). The first-order valence-corrected chi connectivity index (χ1v) is 8.85. The number of Topliss-reactive ketones (excluding diaryl/α,β-unsaturated/α-hetero) is 1. The first kappa shape index (κ1) is 18.1. The fourth-order valence-electron chi connectivity index (χ4n) is 3.57. The molecule has 5 nitrogen and oxygen atoms in total. The lowest BCUT2D eigenvalue weighted by molar-refractivity contribution is -0.142. The van der Waals surface area contributed by atoms with Gasteiger partial charge in [0.25, 0.3) is 0 Å². The van der Waals surface area contributed by atoms with Gasteiger partial charge in [-0.25, -0.2) is 0 Å². The van der Waals surface area contributed by atoms with E-state index in [-0.39, 0.29) is 5.78 Å². The molecule has 6 heteroatoms. The van der Waals surface area contributed by atoms with Crippen LogP contribution in [0.15, 0.2) is 24.3 Å². The summed E-state index contributed by atoms with van der Waals surface area (Å²) in [6.45, 7) is 7.99. The van der Waals surface area contributed by atoms with Crippen LogP contribution in [-0.2, 0) is 14.1 Å². The van der Waals surface area contributed by atoms with Gasteiger partial charge in [-0.3, -0.25) is 9.59 Å². The van der Waals surface area contributed by atoms with Crippen LogP contribution in [0.2, 0.25) is 0 Å². The smallest absolute Gasteiger partial charge is 0.481 e. The van der Waals surface area contributed by atoms with Crippen LogP contribution in [0.1, 0.15) is 57.3 Å². The zero-order valence-corrected chi connectivity index (χ0v) is 15.2. The molecule has 1 N–H and O–H groups in total. The Morgan fingerprint density at radius 2 is 1.52 bits per heavy atom. The Balaban J connectivity index is 1.75. The van der Waals surface area contributed by atoms with Crippen LogP contribution in [0.5, 0.6) is 0 Å². The highest BCUT2D eigenvalue weighted by Crippen LogP contribution is 2.37. The van der Waals surface area contributed by atoms with Gasteiger partial charge >= 0.3 is 13.1 Å². The van der Waals surface area contributed by atoms with Gasteiger partial charge in [-0.05, 0) is 46.0 Å². The molecule has 1 aliphatic carbocycles. The van der Waals surface area contributed by atoms with Crippen molar-refractivity contribution in [1.29, 1.82) is 0 Å². The fourth-order valence-corrected chi connectivity index (χ4v) is 3.57. The molecule has 1 heterocycles. The zero-order chi connectivity index (χ0) is 18.4. The predicted molar refractivity (Wildman–Crippen MR) is 95.0 cm³/mol. The number of ketones is 1. The number of carbonyl (C=O) groups excluding carboxylic acids is 1. The summed E-state index contributed by atoms with van der Waals surface area (Å²) in [4.78, 5) is 24.0. The second kappa shape index (κ2) is 6.25. The van der Waals surface area contributed by atoms with Gasteiger partial charge < -0.3 is 14.4 Å². The summed E-state index contributed by atoms with van der Waals surface area (Å²) >= 11 is 0. The van der Waals surface area contributed by atoms with E-state index in [9.17, 15) is 14.7 Å². The number of hydrogen-bond donors (Lipinski definition) is 1. The molecule has 0 amide bonds. The van der Waals surface area contributed by atoms with Crippen LogP contribution in [0, 0.1) is 11.8 Å². The highest BCUT2D eigenvalue weighted by Gasteiger charge is 2.51. The van der Waals surface area contributed by atoms with E-state index in [1.807, 2.05) is 39.8 Å². The summed E-state index contributed by atoms with van der Waals surface area (Å²) < 4.78 is 12.0. The number of rotatable bonds is 4. The van der Waals surface area contributed by atoms with Gasteiger partial charge in [-0.2, -0.15) is 0 Å². The van der Waals surface area contributed by atoms with E-state index in [0.717, 1.165) is 11.9 Å². The summed E-state index contributed by atoms with van der Waals surface area (Å²) in [5, 5.41) is 9.28. The van der Waals surface area contributed by atoms with E-state index < -0.39 is 36.1 Å². The number of carboxylic acids is 1. The molecular weight excluding hydrogens is 319 g/mol. The van der Waals surface area contributed by atoms with Gasteiger partial charge in [0.15, 0.2) is 5.78 Å². The standard InChI is InChI=1S/C19H25BO5/c1-18(2)19(3,4)25-20(24-18)13-10-8-12(9-11-13)16(21)14-6-5-7-15(14)17(22)23/h8-11,14-15H,5-7H2,1-4H3,(H,22,23). The molecule has 0 spiro atoms. The van der Waals surface area contributed by atoms with Crippen LogP contribution in [0.3, 0.4) is 0 Å². The topological polar surface area (TPSA) is 72.8 Å². The van der Waals surface area contributed by atoms with Crippen molar-refractivity contribution in [1.82, 2.24) is 0 Å². The molecule has 1 aliphatic heterocycles. The molecule has 1 saturated heterocycles. The van der Waals surface area contributed by atoms with E-state index >= 15 is 0 Å². The number of benzene rings is 1. The second-order valence-corrected chi connectivity index (χ2v) is 8.06. The Hall–Kier alpha value is -1.66. The molecule has 1 saturated carbocycles. The van der Waals surface area contributed by atoms with Crippen LogP contribution < -0.4 is 5.46 Å². The quantitative estimate of drug-likeness (QED) is 0.672. The highest BCUT2D eigenvalue weighted by molar-refractivity contribution is 6.62. The zero-order valence-electron chi connectivity index (χ0n) is 15.2. The van der Waals surface area contributed by atoms with E-state index in [1.165, 1.54) is 0 Å². The first-order chi connectivity index (χ1) is 11.6. The van der Waals surface area contributed by atoms with Gasteiger partial charge in [0.2, 0.25) is 0 Å². The maximum Gasteiger partial charge on any atom is 0.494 e. The number of carbonyl (C=O) groups is 2. The predicted octanol–water partition coefficient (Wildman–Crippen LogP) is 2.67. The Kier molecular flexibility index (Phi) is 4.54. The monoisotopic (exact) mass is 344 g/mol. The first-order valence-electron chi connectivity index (χ1n) is 8.85. The molecule has 134 valence electrons. The molecule has 2 aliphatic rings. The van der Waals surface area contributed by atoms with Crippen molar-refractivity contribution in [3.63, 3.8) is 0 Å². The van der Waals surface area contributed by atoms with E-state index in [0.29, 0.717) is 18.4 Å². The second-order valence-electron chi connectivity index (χ2n) is 8.06. The van der Waals surface area contributed by atoms with Crippen molar-refractivity contribution in [2.75, 3.05) is 0 Å². The molecule has 2 unspecified atom stereocenters. The lowest BCUT2D eigenvalue weighted by Crippen LogP contribution is -2.41. The Labute approximate surface area is 148 Å². The van der Waals surface area contributed by atoms with Crippen LogP contribution in [0.25, 0.3) is 0 Å². The average Bonchev–Trinajstić information content (AvgIpc) is 3.10. The largest absolute Gasteiger partial charge is 0.494 e. The van der Waals surface area contributed by atoms with Gasteiger partial charge in [0.1, 0.15) is 0 Å². The van der Waals surface area contributed by atoms with E-state index in [1.54, 1.807) is 12.1 Å². The average molecular weight is 344 g/mol. The van der Waals surface area contributed by atoms with Gasteiger partial charge in [-0.1, -0.05) is 30.7 Å². The minimum Gasteiger partial charge on any atom is -0.481 e. The maximum absolute atomic E-state index is 12.7. The third-order valence-electron chi connectivity index (χ3n) is 5.89. The van der Waals surface area contributed by atoms with Crippen LogP contribution in [-0.4, -0.2) is 35.2 Å². The lowest BCUT2D eigenvalue weighted by Gasteiger charge is -2.32. The molecule has 2 fully saturated rings. The molecule has 1 aromatic rings. The summed E-state index contributed by atoms with van der Waals surface area (Å²) in [7, 11) is -0.465. The van der Waals surface area contributed by atoms with E-state index in [2.05, 4.69) is 0 Å². The Morgan fingerprint density at radius 3 is 2.04 bits per heavy atom. The molecule has 2 atom stereocenters. The third-order valence-corrected chi connectivity index (χ3v) is 5.89. The minimum atomic E-state index is -0.871. The Bertz CT molecular complexity index is 664. The fraction of sp³-hybridized carbons (Fsp3) is 0.579. The number of aliphatic carboxylic acids is 1. The molecule has 0 aromatic heterocycles. The van der Waals surface area contributed by atoms with Crippen molar-refractivity contribution in [2.24, 2.45) is 11.8 Å². The summed E-state index contributed by atoms with van der Waals surface area (Å²) in [5.74, 6) is -1.93. The van der Waals surface area contributed by atoms with E-state index in [4.69, 9.17) is 9.31 Å². The third kappa shape index (κ3) is 3.25. The SMILES string of the molecule is CC1(C)OB(c2ccc(C(=O)C3CCCC3C(=O)O)cc2)OC1(C)C. The molecule has 0 radical (unpaired) electrons. The maximum atomic E-state index is 12.7. The van der Waals surface area contributed by atoms with Crippen LogP contribution in [0.4, 0.5) is 0 Å². The van der Waals surface area contributed by atoms with Crippen molar-refractivity contribution in [3.8, 4) is 0 Å². The molecule has 0 bridgehead atoms. The Morgan fingerprint density at radius 1 is 1.00 bits per heavy atom. The van der Waals surface area contributed by atoms with Crippen molar-refractivity contribution < 1.29 is 24.0 Å². The minimum absolute atomic E-state index is 0.0784. The van der Waals surface area contributed by atoms with Gasteiger partial charge in [-0.15, -0.1) is 0 Å². The lowest BCUT2D eigenvalue weighted by atomic mass is 9.78.